The average Bonchev–Trinajstić information content (AvgIpc) is 3.42. The van der Waals surface area contributed by atoms with E-state index in [1.165, 1.54) is 7.11 Å². The van der Waals surface area contributed by atoms with Crippen LogP contribution < -0.4 is 19.5 Å². The third-order valence-electron chi connectivity index (χ3n) is 6.01. The van der Waals surface area contributed by atoms with Gasteiger partial charge >= 0.3 is 5.97 Å². The van der Waals surface area contributed by atoms with Crippen LogP contribution in [0.15, 0.2) is 36.4 Å². The molecule has 1 fully saturated rings. The van der Waals surface area contributed by atoms with Crippen LogP contribution in [0.1, 0.15) is 34.7 Å². The SMILES string of the molecule is COC(=O)C[C@@H]1C[C@H]2c3cc(NC(=O)c4ccc5c(c4)OCO5)ccc3O[C@H]2[C@H](CO)O1. The second-order valence-corrected chi connectivity index (χ2v) is 7.96. The number of carbonyl (C=O) groups excluding carboxylic acids is 2. The largest absolute Gasteiger partial charge is 0.487 e. The molecule has 32 heavy (non-hydrogen) atoms. The number of benzene rings is 2. The van der Waals surface area contributed by atoms with Crippen molar-refractivity contribution >= 4 is 17.6 Å². The molecule has 168 valence electrons. The van der Waals surface area contributed by atoms with Crippen LogP contribution in [-0.2, 0) is 14.3 Å². The molecule has 4 atom stereocenters. The van der Waals surface area contributed by atoms with E-state index >= 15 is 0 Å². The minimum Gasteiger partial charge on any atom is -0.487 e. The molecule has 0 aliphatic carbocycles. The van der Waals surface area contributed by atoms with Crippen LogP contribution in [0.2, 0.25) is 0 Å². The Bertz CT molecular complexity index is 1050. The maximum atomic E-state index is 12.8. The van der Waals surface area contributed by atoms with E-state index in [-0.39, 0.29) is 49.8 Å². The van der Waals surface area contributed by atoms with E-state index in [0.717, 1.165) is 5.56 Å². The van der Waals surface area contributed by atoms with Crippen LogP contribution in [0.25, 0.3) is 0 Å². The molecule has 3 aliphatic heterocycles. The van der Waals surface area contributed by atoms with Gasteiger partial charge in [-0.1, -0.05) is 0 Å². The summed E-state index contributed by atoms with van der Waals surface area (Å²) in [7, 11) is 1.33. The molecule has 5 rings (SSSR count). The van der Waals surface area contributed by atoms with Crippen molar-refractivity contribution in [2.24, 2.45) is 0 Å². The Morgan fingerprint density at radius 3 is 2.75 bits per heavy atom. The van der Waals surface area contributed by atoms with Crippen molar-refractivity contribution in [3.63, 3.8) is 0 Å². The molecule has 2 N–H and O–H groups in total. The van der Waals surface area contributed by atoms with Gasteiger partial charge < -0.3 is 34.1 Å². The van der Waals surface area contributed by atoms with E-state index in [2.05, 4.69) is 5.32 Å². The fourth-order valence-corrected chi connectivity index (χ4v) is 4.48. The molecule has 0 saturated carbocycles. The number of anilines is 1. The summed E-state index contributed by atoms with van der Waals surface area (Å²) in [5.41, 5.74) is 1.98. The minimum absolute atomic E-state index is 0.0760. The Balaban J connectivity index is 1.35. The first-order chi connectivity index (χ1) is 15.6. The first-order valence-electron chi connectivity index (χ1n) is 10.4. The zero-order chi connectivity index (χ0) is 22.2. The van der Waals surface area contributed by atoms with Crippen LogP contribution in [-0.4, -0.2) is 55.8 Å². The van der Waals surface area contributed by atoms with E-state index in [9.17, 15) is 14.7 Å². The lowest BCUT2D eigenvalue weighted by Gasteiger charge is -2.36. The molecular weight excluding hydrogens is 418 g/mol. The highest BCUT2D eigenvalue weighted by Crippen LogP contribution is 2.47. The number of aliphatic hydroxyl groups is 1. The maximum absolute atomic E-state index is 12.8. The van der Waals surface area contributed by atoms with Crippen molar-refractivity contribution in [3.8, 4) is 17.2 Å². The number of methoxy groups -OCH3 is 1. The Morgan fingerprint density at radius 2 is 1.94 bits per heavy atom. The molecule has 3 aliphatic rings. The molecule has 0 bridgehead atoms. The van der Waals surface area contributed by atoms with Crippen LogP contribution in [0.5, 0.6) is 17.2 Å². The van der Waals surface area contributed by atoms with Gasteiger partial charge in [0, 0.05) is 22.7 Å². The van der Waals surface area contributed by atoms with Crippen LogP contribution >= 0.6 is 0 Å². The summed E-state index contributed by atoms with van der Waals surface area (Å²) in [6.07, 6.45) is -0.650. The smallest absolute Gasteiger partial charge is 0.308 e. The number of aliphatic hydroxyl groups excluding tert-OH is 1. The van der Waals surface area contributed by atoms with Gasteiger partial charge in [-0.3, -0.25) is 9.59 Å². The molecular formula is C23H23NO8. The van der Waals surface area contributed by atoms with Gasteiger partial charge in [0.1, 0.15) is 18.0 Å². The fourth-order valence-electron chi connectivity index (χ4n) is 4.48. The Kier molecular flexibility index (Phi) is 5.36. The summed E-state index contributed by atoms with van der Waals surface area (Å²) >= 11 is 0. The highest BCUT2D eigenvalue weighted by atomic mass is 16.7. The van der Waals surface area contributed by atoms with Gasteiger partial charge in [0.15, 0.2) is 11.5 Å². The topological polar surface area (TPSA) is 113 Å². The number of hydrogen-bond acceptors (Lipinski definition) is 8. The summed E-state index contributed by atoms with van der Waals surface area (Å²) in [6.45, 7) is -0.0795. The van der Waals surface area contributed by atoms with Crippen molar-refractivity contribution in [2.75, 3.05) is 25.8 Å². The van der Waals surface area contributed by atoms with E-state index in [4.69, 9.17) is 23.7 Å². The highest BCUT2D eigenvalue weighted by Gasteiger charge is 2.46. The first kappa shape index (κ1) is 20.6. The second-order valence-electron chi connectivity index (χ2n) is 7.96. The lowest BCUT2D eigenvalue weighted by Crippen LogP contribution is -2.46. The summed E-state index contributed by atoms with van der Waals surface area (Å²) in [5.74, 6) is 1.12. The van der Waals surface area contributed by atoms with E-state index in [1.807, 2.05) is 6.07 Å². The number of esters is 1. The molecule has 9 nitrogen and oxygen atoms in total. The zero-order valence-electron chi connectivity index (χ0n) is 17.4. The van der Waals surface area contributed by atoms with Crippen molar-refractivity contribution in [1.29, 1.82) is 0 Å². The molecule has 1 saturated heterocycles. The Labute approximate surface area is 184 Å². The molecule has 2 aromatic carbocycles. The molecule has 0 aromatic heterocycles. The second kappa shape index (κ2) is 8.33. The number of hydrogen-bond donors (Lipinski definition) is 2. The number of fused-ring (bicyclic) bond motifs is 4. The Morgan fingerprint density at radius 1 is 1.12 bits per heavy atom. The van der Waals surface area contributed by atoms with Crippen LogP contribution in [0, 0.1) is 0 Å². The monoisotopic (exact) mass is 441 g/mol. The van der Waals surface area contributed by atoms with E-state index < -0.39 is 6.10 Å². The predicted octanol–water partition coefficient (Wildman–Crippen LogP) is 2.23. The third-order valence-corrected chi connectivity index (χ3v) is 6.01. The van der Waals surface area contributed by atoms with Gasteiger partial charge in [0.05, 0.1) is 26.2 Å². The van der Waals surface area contributed by atoms with Gasteiger partial charge in [-0.15, -0.1) is 0 Å². The highest BCUT2D eigenvalue weighted by molar-refractivity contribution is 6.04. The van der Waals surface area contributed by atoms with Crippen molar-refractivity contribution in [1.82, 2.24) is 0 Å². The quantitative estimate of drug-likeness (QED) is 0.680. The number of rotatable bonds is 5. The van der Waals surface area contributed by atoms with Gasteiger partial charge in [-0.05, 0) is 42.8 Å². The molecule has 9 heteroatoms. The summed E-state index contributed by atoms with van der Waals surface area (Å²) in [4.78, 5) is 24.5. The van der Waals surface area contributed by atoms with Crippen LogP contribution in [0.4, 0.5) is 5.69 Å². The molecule has 0 radical (unpaired) electrons. The maximum Gasteiger partial charge on any atom is 0.308 e. The van der Waals surface area contributed by atoms with E-state index in [1.54, 1.807) is 30.3 Å². The fraction of sp³-hybridized carbons (Fsp3) is 0.391. The summed E-state index contributed by atoms with van der Waals surface area (Å²) < 4.78 is 27.3. The lowest BCUT2D eigenvalue weighted by atomic mass is 9.84. The zero-order valence-corrected chi connectivity index (χ0v) is 17.4. The van der Waals surface area contributed by atoms with Gasteiger partial charge in [-0.2, -0.15) is 0 Å². The third kappa shape index (κ3) is 3.74. The predicted molar refractivity (Wildman–Crippen MR) is 111 cm³/mol. The molecule has 2 aromatic rings. The summed E-state index contributed by atoms with van der Waals surface area (Å²) in [6, 6.07) is 10.5. The minimum atomic E-state index is -0.553. The standard InChI is InChI=1S/C23H23NO8/c1-28-21(26)9-14-8-16-15-7-13(3-5-17(15)32-22(16)20(10-25)31-14)24-23(27)12-2-4-18-19(6-12)30-11-29-18/h2-7,14,16,20,22,25H,8-11H2,1H3,(H,24,27)/t14-,16-,20-,22+/m0/s1. The van der Waals surface area contributed by atoms with Crippen molar-refractivity contribution < 1.29 is 38.4 Å². The average molecular weight is 441 g/mol. The summed E-state index contributed by atoms with van der Waals surface area (Å²) in [5, 5.41) is 12.7. The lowest BCUT2D eigenvalue weighted by molar-refractivity contribution is -0.156. The molecule has 0 spiro atoms. The molecule has 3 heterocycles. The van der Waals surface area contributed by atoms with Crippen LogP contribution in [0.3, 0.4) is 0 Å². The molecule has 0 unspecified atom stereocenters. The first-order valence-corrected chi connectivity index (χ1v) is 10.4. The normalized spacial score (nSPS) is 24.8. The Hall–Kier alpha value is -3.30. The number of carbonyl (C=O) groups is 2. The molecule has 1 amide bonds. The van der Waals surface area contributed by atoms with Gasteiger partial charge in [0.25, 0.3) is 5.91 Å². The van der Waals surface area contributed by atoms with E-state index in [0.29, 0.717) is 34.9 Å². The van der Waals surface area contributed by atoms with Crippen molar-refractivity contribution in [3.05, 3.63) is 47.5 Å². The van der Waals surface area contributed by atoms with Crippen molar-refractivity contribution in [2.45, 2.75) is 37.1 Å². The number of ether oxygens (including phenoxy) is 5. The number of nitrogens with one attached hydrogen (secondary N) is 1. The number of amides is 1. The van der Waals surface area contributed by atoms with Gasteiger partial charge in [-0.25, -0.2) is 0 Å². The van der Waals surface area contributed by atoms with Gasteiger partial charge in [0.2, 0.25) is 6.79 Å².